The third-order valence-electron chi connectivity index (χ3n) is 3.99. The van der Waals surface area contributed by atoms with E-state index >= 15 is 0 Å². The van der Waals surface area contributed by atoms with E-state index in [-0.39, 0.29) is 5.91 Å². The Labute approximate surface area is 161 Å². The first-order valence-corrected chi connectivity index (χ1v) is 9.44. The number of halogens is 1. The third kappa shape index (κ3) is 4.71. The zero-order valence-electron chi connectivity index (χ0n) is 15.3. The zero-order chi connectivity index (χ0) is 19.4. The van der Waals surface area contributed by atoms with Crippen LogP contribution in [0.5, 0.6) is 0 Å². The SMILES string of the molecule is CC(Sc1nnnn1-c1ccc(C(C)C)cc1)C(=O)Nc1cccc(F)c1. The molecule has 0 aliphatic rings. The number of anilines is 1. The summed E-state index contributed by atoms with van der Waals surface area (Å²) in [7, 11) is 0. The highest BCUT2D eigenvalue weighted by molar-refractivity contribution is 8.00. The van der Waals surface area contributed by atoms with Crippen LogP contribution in [-0.2, 0) is 4.79 Å². The first kappa shape index (κ1) is 19.0. The quantitative estimate of drug-likeness (QED) is 0.648. The molecule has 3 aromatic rings. The van der Waals surface area contributed by atoms with Crippen molar-refractivity contribution in [2.24, 2.45) is 0 Å². The van der Waals surface area contributed by atoms with E-state index in [2.05, 4.69) is 34.7 Å². The second-order valence-electron chi connectivity index (χ2n) is 6.38. The van der Waals surface area contributed by atoms with Gasteiger partial charge in [0.15, 0.2) is 0 Å². The van der Waals surface area contributed by atoms with Gasteiger partial charge in [0.25, 0.3) is 0 Å². The fourth-order valence-corrected chi connectivity index (χ4v) is 3.24. The monoisotopic (exact) mass is 385 g/mol. The number of thioether (sulfide) groups is 1. The van der Waals surface area contributed by atoms with Crippen LogP contribution >= 0.6 is 11.8 Å². The number of rotatable bonds is 6. The molecule has 6 nitrogen and oxygen atoms in total. The van der Waals surface area contributed by atoms with Gasteiger partial charge in [0.2, 0.25) is 11.1 Å². The number of carbonyl (C=O) groups excluding carboxylic acids is 1. The van der Waals surface area contributed by atoms with Crippen molar-refractivity contribution < 1.29 is 9.18 Å². The number of benzene rings is 2. The van der Waals surface area contributed by atoms with E-state index in [1.54, 1.807) is 23.7 Å². The number of nitrogens with zero attached hydrogens (tertiary/aromatic N) is 4. The Bertz CT molecular complexity index is 926. The number of tetrazole rings is 1. The van der Waals surface area contributed by atoms with Gasteiger partial charge in [0.1, 0.15) is 5.82 Å². The van der Waals surface area contributed by atoms with Gasteiger partial charge in [-0.25, -0.2) is 4.39 Å². The lowest BCUT2D eigenvalue weighted by atomic mass is 10.0. The van der Waals surface area contributed by atoms with Crippen LogP contribution < -0.4 is 5.32 Å². The van der Waals surface area contributed by atoms with Gasteiger partial charge in [0, 0.05) is 5.69 Å². The van der Waals surface area contributed by atoms with E-state index in [1.807, 2.05) is 24.3 Å². The minimum atomic E-state index is -0.465. The molecule has 0 bridgehead atoms. The summed E-state index contributed by atoms with van der Waals surface area (Å²) in [5.74, 6) is -0.217. The molecule has 1 atom stereocenters. The molecular formula is C19H20FN5OS. The lowest BCUT2D eigenvalue weighted by Gasteiger charge is -2.12. The predicted molar refractivity (Wildman–Crippen MR) is 104 cm³/mol. The van der Waals surface area contributed by atoms with E-state index < -0.39 is 11.1 Å². The summed E-state index contributed by atoms with van der Waals surface area (Å²) in [4.78, 5) is 12.4. The molecule has 0 saturated heterocycles. The minimum absolute atomic E-state index is 0.254. The highest BCUT2D eigenvalue weighted by Crippen LogP contribution is 2.25. The maximum Gasteiger partial charge on any atom is 0.237 e. The second kappa shape index (κ2) is 8.30. The molecular weight excluding hydrogens is 365 g/mol. The molecule has 8 heteroatoms. The Hall–Kier alpha value is -2.74. The number of hydrogen-bond acceptors (Lipinski definition) is 5. The van der Waals surface area contributed by atoms with Gasteiger partial charge in [-0.3, -0.25) is 4.79 Å². The lowest BCUT2D eigenvalue weighted by Crippen LogP contribution is -2.23. The summed E-state index contributed by atoms with van der Waals surface area (Å²) in [5.41, 5.74) is 2.46. The highest BCUT2D eigenvalue weighted by atomic mass is 32.2. The average molecular weight is 385 g/mol. The van der Waals surface area contributed by atoms with Crippen LogP contribution in [0.15, 0.2) is 53.7 Å². The molecule has 0 fully saturated rings. The molecule has 0 spiro atoms. The summed E-state index contributed by atoms with van der Waals surface area (Å²) >= 11 is 1.23. The molecule has 1 unspecified atom stereocenters. The Morgan fingerprint density at radius 1 is 1.15 bits per heavy atom. The summed E-state index contributed by atoms with van der Waals surface area (Å²) in [6.45, 7) is 6.01. The van der Waals surface area contributed by atoms with Crippen molar-refractivity contribution in [2.75, 3.05) is 5.32 Å². The summed E-state index contributed by atoms with van der Waals surface area (Å²) in [6.07, 6.45) is 0. The molecule has 2 aromatic carbocycles. The summed E-state index contributed by atoms with van der Waals surface area (Å²) in [6, 6.07) is 13.8. The number of nitrogens with one attached hydrogen (secondary N) is 1. The molecule has 3 rings (SSSR count). The van der Waals surface area contributed by atoms with Crippen molar-refractivity contribution in [3.8, 4) is 5.69 Å². The predicted octanol–water partition coefficient (Wildman–Crippen LogP) is 4.04. The topological polar surface area (TPSA) is 72.7 Å². The van der Waals surface area contributed by atoms with Crippen molar-refractivity contribution in [3.63, 3.8) is 0 Å². The first-order valence-electron chi connectivity index (χ1n) is 8.56. The molecule has 0 radical (unpaired) electrons. The Morgan fingerprint density at radius 2 is 1.89 bits per heavy atom. The highest BCUT2D eigenvalue weighted by Gasteiger charge is 2.19. The van der Waals surface area contributed by atoms with Gasteiger partial charge in [-0.2, -0.15) is 4.68 Å². The van der Waals surface area contributed by atoms with Crippen LogP contribution in [0.25, 0.3) is 5.69 Å². The maximum atomic E-state index is 13.3. The van der Waals surface area contributed by atoms with Crippen molar-refractivity contribution in [3.05, 3.63) is 59.9 Å². The maximum absolute atomic E-state index is 13.3. The van der Waals surface area contributed by atoms with Gasteiger partial charge in [0.05, 0.1) is 10.9 Å². The van der Waals surface area contributed by atoms with Gasteiger partial charge in [-0.15, -0.1) is 5.10 Å². The average Bonchev–Trinajstić information content (AvgIpc) is 3.09. The first-order chi connectivity index (χ1) is 12.9. The van der Waals surface area contributed by atoms with E-state index in [0.717, 1.165) is 5.69 Å². The van der Waals surface area contributed by atoms with Crippen LogP contribution in [0.1, 0.15) is 32.3 Å². The van der Waals surface area contributed by atoms with E-state index in [0.29, 0.717) is 16.8 Å². The zero-order valence-corrected chi connectivity index (χ0v) is 16.1. The Kier molecular flexibility index (Phi) is 5.85. The van der Waals surface area contributed by atoms with Crippen LogP contribution in [0.4, 0.5) is 10.1 Å². The Morgan fingerprint density at radius 3 is 2.56 bits per heavy atom. The van der Waals surface area contributed by atoms with Crippen molar-refractivity contribution in [1.29, 1.82) is 0 Å². The Balaban J connectivity index is 1.71. The van der Waals surface area contributed by atoms with Crippen molar-refractivity contribution in [2.45, 2.75) is 37.1 Å². The molecule has 27 heavy (non-hydrogen) atoms. The van der Waals surface area contributed by atoms with Crippen LogP contribution in [0.2, 0.25) is 0 Å². The fraction of sp³-hybridized carbons (Fsp3) is 0.263. The minimum Gasteiger partial charge on any atom is -0.325 e. The summed E-state index contributed by atoms with van der Waals surface area (Å²) < 4.78 is 14.9. The molecule has 1 N–H and O–H groups in total. The van der Waals surface area contributed by atoms with Crippen LogP contribution in [0.3, 0.4) is 0 Å². The lowest BCUT2D eigenvalue weighted by molar-refractivity contribution is -0.115. The second-order valence-corrected chi connectivity index (χ2v) is 7.69. The van der Waals surface area contributed by atoms with Gasteiger partial charge in [-0.1, -0.05) is 43.8 Å². The molecule has 0 aliphatic carbocycles. The van der Waals surface area contributed by atoms with Gasteiger partial charge < -0.3 is 5.32 Å². The normalized spacial score (nSPS) is 12.2. The molecule has 0 saturated carbocycles. The third-order valence-corrected chi connectivity index (χ3v) is 5.02. The molecule has 1 amide bonds. The standard InChI is InChI=1S/C19H20FN5OS/c1-12(2)14-7-9-17(10-8-14)25-19(22-23-24-25)27-13(3)18(26)21-16-6-4-5-15(20)11-16/h4-13H,1-3H3,(H,21,26). The smallest absolute Gasteiger partial charge is 0.237 e. The van der Waals surface area contributed by atoms with Crippen molar-refractivity contribution >= 4 is 23.4 Å². The molecule has 1 aromatic heterocycles. The van der Waals surface area contributed by atoms with E-state index in [1.165, 1.54) is 29.5 Å². The number of amides is 1. The van der Waals surface area contributed by atoms with Crippen LogP contribution in [0, 0.1) is 5.82 Å². The fourth-order valence-electron chi connectivity index (χ4n) is 2.44. The number of aromatic nitrogens is 4. The van der Waals surface area contributed by atoms with E-state index in [4.69, 9.17) is 0 Å². The van der Waals surface area contributed by atoms with Crippen LogP contribution in [-0.4, -0.2) is 31.4 Å². The summed E-state index contributed by atoms with van der Waals surface area (Å²) in [5, 5.41) is 14.5. The largest absolute Gasteiger partial charge is 0.325 e. The van der Waals surface area contributed by atoms with Crippen molar-refractivity contribution in [1.82, 2.24) is 20.2 Å². The number of hydrogen-bond donors (Lipinski definition) is 1. The molecule has 1 heterocycles. The van der Waals surface area contributed by atoms with Gasteiger partial charge in [-0.05, 0) is 59.2 Å². The van der Waals surface area contributed by atoms with E-state index in [9.17, 15) is 9.18 Å². The number of carbonyl (C=O) groups is 1. The molecule has 0 aliphatic heterocycles. The van der Waals surface area contributed by atoms with Gasteiger partial charge >= 0.3 is 0 Å². The molecule has 140 valence electrons.